The van der Waals surface area contributed by atoms with E-state index < -0.39 is 40.3 Å². The molecule has 0 aliphatic rings. The van der Waals surface area contributed by atoms with Gasteiger partial charge in [0.15, 0.2) is 0 Å². The van der Waals surface area contributed by atoms with Crippen LogP contribution < -0.4 is 16.2 Å². The lowest BCUT2D eigenvalue weighted by Gasteiger charge is -2.24. The third kappa shape index (κ3) is 9.51. The maximum atomic E-state index is 14.3. The van der Waals surface area contributed by atoms with Gasteiger partial charge in [-0.1, -0.05) is 60.1 Å². The van der Waals surface area contributed by atoms with E-state index in [1.165, 1.54) is 47.3 Å². The van der Waals surface area contributed by atoms with E-state index in [9.17, 15) is 26.4 Å². The highest BCUT2D eigenvalue weighted by atomic mass is 35.5. The fourth-order valence-corrected chi connectivity index (χ4v) is 4.98. The van der Waals surface area contributed by atoms with Crippen LogP contribution in [-0.2, 0) is 21.3 Å². The number of alkyl halides is 3. The minimum Gasteiger partial charge on any atom is -0.480 e. The molecule has 252 valence electrons. The number of carbonyl (C=O) groups is 1. The van der Waals surface area contributed by atoms with E-state index in [4.69, 9.17) is 37.5 Å². The highest BCUT2D eigenvalue weighted by molar-refractivity contribution is 7.85. The molecule has 5 aromatic rings. The van der Waals surface area contributed by atoms with E-state index in [0.29, 0.717) is 16.8 Å². The zero-order valence-electron chi connectivity index (χ0n) is 24.9. The van der Waals surface area contributed by atoms with Crippen molar-refractivity contribution in [3.8, 4) is 22.8 Å². The Morgan fingerprint density at radius 1 is 1.02 bits per heavy atom. The van der Waals surface area contributed by atoms with Gasteiger partial charge < -0.3 is 21.3 Å². The number of benzene rings is 3. The predicted molar refractivity (Wildman–Crippen MR) is 170 cm³/mol. The second-order valence-corrected chi connectivity index (χ2v) is 12.1. The average Bonchev–Trinajstić information content (AvgIpc) is 3.46. The number of anilines is 1. The molecule has 17 heteroatoms. The number of hydrogen-bond acceptors (Lipinski definition) is 9. The van der Waals surface area contributed by atoms with Crippen LogP contribution in [0.5, 0.6) is 5.88 Å². The summed E-state index contributed by atoms with van der Waals surface area (Å²) in [6, 6.07) is 19.7. The minimum atomic E-state index is -4.84. The second-order valence-electron chi connectivity index (χ2n) is 10.2. The van der Waals surface area contributed by atoms with E-state index >= 15 is 0 Å². The summed E-state index contributed by atoms with van der Waals surface area (Å²) in [6.45, 7) is 1.71. The van der Waals surface area contributed by atoms with E-state index in [-0.39, 0.29) is 39.2 Å². The van der Waals surface area contributed by atoms with Crippen molar-refractivity contribution >= 4 is 33.6 Å². The van der Waals surface area contributed by atoms with Crippen LogP contribution in [0.25, 0.3) is 16.9 Å². The number of aromatic nitrogens is 4. The first kappa shape index (κ1) is 35.8. The molecule has 2 heterocycles. The summed E-state index contributed by atoms with van der Waals surface area (Å²) in [7, 11) is -4.00. The Bertz CT molecular complexity index is 1990. The van der Waals surface area contributed by atoms with Crippen molar-refractivity contribution in [1.29, 1.82) is 0 Å². The molecule has 1 unspecified atom stereocenters. The van der Waals surface area contributed by atoms with Crippen molar-refractivity contribution in [1.82, 2.24) is 19.7 Å². The van der Waals surface area contributed by atoms with Crippen LogP contribution >= 0.6 is 11.6 Å². The average molecular weight is 705 g/mol. The van der Waals surface area contributed by atoms with E-state index in [1.54, 1.807) is 55.5 Å². The van der Waals surface area contributed by atoms with Gasteiger partial charge in [-0.3, -0.25) is 9.35 Å². The van der Waals surface area contributed by atoms with Crippen molar-refractivity contribution in [2.45, 2.75) is 36.6 Å². The Balaban J connectivity index is 0.000000445. The Hall–Kier alpha value is -5.03. The quantitative estimate of drug-likeness (QED) is 0.143. The maximum absolute atomic E-state index is 14.3. The summed E-state index contributed by atoms with van der Waals surface area (Å²) in [6.07, 6.45) is -5.65. The van der Waals surface area contributed by atoms with Gasteiger partial charge in [-0.2, -0.15) is 31.7 Å². The number of hydrogen-bond donors (Lipinski definition) is 4. The molecular weight excluding hydrogens is 677 g/mol. The highest BCUT2D eigenvalue weighted by Crippen LogP contribution is 2.40. The Kier molecular flexibility index (Phi) is 11.1. The number of nitrogens with zero attached hydrogens (tertiary/aromatic N) is 4. The van der Waals surface area contributed by atoms with Gasteiger partial charge in [-0.25, -0.2) is 9.67 Å². The topological polar surface area (TPSA) is 197 Å². The maximum Gasteiger partial charge on any atom is 0.429 e. The van der Waals surface area contributed by atoms with Gasteiger partial charge in [-0.05, 0) is 49.2 Å². The number of rotatable bonds is 9. The normalized spacial score (nSPS) is 12.8. The van der Waals surface area contributed by atoms with Crippen LogP contribution in [-0.4, -0.2) is 56.0 Å². The summed E-state index contributed by atoms with van der Waals surface area (Å²) < 4.78 is 78.8. The summed E-state index contributed by atoms with van der Waals surface area (Å²) in [4.78, 5) is 18.9. The van der Waals surface area contributed by atoms with Crippen LogP contribution in [0.15, 0.2) is 96.0 Å². The molecule has 0 fully saturated rings. The number of halogens is 4. The van der Waals surface area contributed by atoms with Gasteiger partial charge in [0, 0.05) is 28.4 Å². The molecule has 2 atom stereocenters. The number of aliphatic carboxylic acids is 1. The first-order valence-corrected chi connectivity index (χ1v) is 15.6. The molecule has 0 radical (unpaired) electrons. The monoisotopic (exact) mass is 704 g/mol. The number of nitrogens with two attached hydrogens (primary N) is 2. The van der Waals surface area contributed by atoms with E-state index in [1.807, 2.05) is 0 Å². The van der Waals surface area contributed by atoms with Gasteiger partial charge in [0.25, 0.3) is 10.1 Å². The van der Waals surface area contributed by atoms with Gasteiger partial charge in [0.05, 0.1) is 22.0 Å². The number of ether oxygens (including phenoxy) is 1. The number of carboxylic acid groups (broad SMARTS) is 1. The lowest BCUT2D eigenvalue weighted by atomic mass is 10.0. The number of nitrogen functional groups attached to an aromatic ring is 1. The highest BCUT2D eigenvalue weighted by Gasteiger charge is 2.45. The Morgan fingerprint density at radius 3 is 2.23 bits per heavy atom. The van der Waals surface area contributed by atoms with Crippen LogP contribution in [0.4, 0.5) is 19.1 Å². The third-order valence-electron chi connectivity index (χ3n) is 6.56. The third-order valence-corrected chi connectivity index (χ3v) is 7.67. The number of carboxylic acids is 1. The van der Waals surface area contributed by atoms with Crippen LogP contribution in [0.3, 0.4) is 0 Å². The molecule has 0 amide bonds. The van der Waals surface area contributed by atoms with Crippen LogP contribution in [0.2, 0.25) is 5.02 Å². The van der Waals surface area contributed by atoms with Crippen LogP contribution in [0, 0.1) is 6.92 Å². The predicted octanol–water partition coefficient (Wildman–Crippen LogP) is 5.44. The standard InChI is InChI=1S/C25H22ClF3N6O3.C6H6O3S/c1-13-8-9-35(34-13)20-11-16(26)6-7-17(20)22(25(27,28)29)38-21-12-19(32-24(31)33-21)15-4-2-14(3-5-15)10-18(30)23(36)37;7-10(8,9)6-4-2-1-3-5-6/h2-9,11-12,18,22H,10,30H2,1H3,(H,36,37)(H2,31,32,33);1-5H,(H,7,8,9)/t18?,22-;/m1./s1. The second kappa shape index (κ2) is 14.8. The first-order chi connectivity index (χ1) is 22.5. The van der Waals surface area contributed by atoms with Crippen LogP contribution in [0.1, 0.15) is 22.9 Å². The molecule has 2 aromatic heterocycles. The smallest absolute Gasteiger partial charge is 0.429 e. The van der Waals surface area contributed by atoms with Crippen molar-refractivity contribution in [3.05, 3.63) is 113 Å². The molecule has 48 heavy (non-hydrogen) atoms. The molecule has 5 rings (SSSR count). The van der Waals surface area contributed by atoms with Gasteiger partial charge in [0.2, 0.25) is 17.9 Å². The SMILES string of the molecule is Cc1ccn(-c2cc(Cl)ccc2[C@@H](Oc2cc(-c3ccc(CC(N)C(=O)O)cc3)nc(N)n2)C(F)(F)F)n1.O=S(=O)(O)c1ccccc1. The lowest BCUT2D eigenvalue weighted by molar-refractivity contribution is -0.198. The molecule has 0 aliphatic heterocycles. The van der Waals surface area contributed by atoms with Gasteiger partial charge in [0.1, 0.15) is 6.04 Å². The molecule has 3 aromatic carbocycles. The largest absolute Gasteiger partial charge is 0.480 e. The molecule has 6 N–H and O–H groups in total. The first-order valence-electron chi connectivity index (χ1n) is 13.8. The summed E-state index contributed by atoms with van der Waals surface area (Å²) in [5, 5.41) is 13.4. The fraction of sp³-hybridized carbons (Fsp3) is 0.161. The molecule has 0 aliphatic carbocycles. The molecule has 0 saturated heterocycles. The summed E-state index contributed by atoms with van der Waals surface area (Å²) in [5.74, 6) is -1.83. The van der Waals surface area contributed by atoms with Gasteiger partial charge >= 0.3 is 12.1 Å². The summed E-state index contributed by atoms with van der Waals surface area (Å²) in [5.41, 5.74) is 13.2. The zero-order chi connectivity index (χ0) is 35.2. The van der Waals surface area contributed by atoms with Crippen molar-refractivity contribution < 1.29 is 40.8 Å². The van der Waals surface area contributed by atoms with E-state index in [2.05, 4.69) is 15.1 Å². The molecule has 0 bridgehead atoms. The van der Waals surface area contributed by atoms with Crippen molar-refractivity contribution in [2.75, 3.05) is 5.73 Å². The molecule has 0 spiro atoms. The molecule has 0 saturated carbocycles. The summed E-state index contributed by atoms with van der Waals surface area (Å²) >= 11 is 6.08. The molecule has 12 nitrogen and oxygen atoms in total. The lowest BCUT2D eigenvalue weighted by Crippen LogP contribution is -2.32. The zero-order valence-corrected chi connectivity index (χ0v) is 26.5. The van der Waals surface area contributed by atoms with Crippen molar-refractivity contribution in [3.63, 3.8) is 0 Å². The Labute approximate surface area is 277 Å². The van der Waals surface area contributed by atoms with Gasteiger partial charge in [-0.15, -0.1) is 0 Å². The fourth-order valence-electron chi connectivity index (χ4n) is 4.31. The molecular formula is C31H28ClF3N6O6S. The Morgan fingerprint density at radius 2 is 1.69 bits per heavy atom. The number of aryl methyl sites for hydroxylation is 1. The van der Waals surface area contributed by atoms with Crippen molar-refractivity contribution in [2.24, 2.45) is 5.73 Å². The minimum absolute atomic E-state index is 0.0741. The van der Waals surface area contributed by atoms with E-state index in [0.717, 1.165) is 0 Å².